The molecule has 79 heavy (non-hydrogen) atoms. The molecule has 0 saturated carbocycles. The Kier molecular flexibility index (Phi) is 56.5. The Labute approximate surface area is 485 Å². The lowest BCUT2D eigenvalue weighted by Crippen LogP contribution is -2.44. The molecule has 9 nitrogen and oxygen atoms in total. The number of hydrogen-bond donors (Lipinski definition) is 0. The van der Waals surface area contributed by atoms with E-state index >= 15 is 0 Å². The number of allylic oxidation sites excluding steroid dienone is 20. The number of esters is 2. The lowest BCUT2D eigenvalue weighted by molar-refractivity contribution is -0.870. The van der Waals surface area contributed by atoms with Gasteiger partial charge in [-0.2, -0.15) is 0 Å². The Balaban J connectivity index is 4.22. The number of carbonyl (C=O) groups excluding carboxylic acids is 3. The van der Waals surface area contributed by atoms with Crippen LogP contribution in [0.3, 0.4) is 0 Å². The Morgan fingerprint density at radius 2 is 0.684 bits per heavy atom. The van der Waals surface area contributed by atoms with Gasteiger partial charge in [0, 0.05) is 12.8 Å². The summed E-state index contributed by atoms with van der Waals surface area (Å²) >= 11 is 0. The molecule has 0 aliphatic rings. The summed E-state index contributed by atoms with van der Waals surface area (Å²) in [5, 5.41) is 11.8. The Morgan fingerprint density at radius 1 is 0.380 bits per heavy atom. The SMILES string of the molecule is CC/C=C\C/C=C\C/C=C\C/C=C\C/C=C\CCCCCCCCCCCCCCCC(=O)OC(COC(=O)CCCCCCCCCCC/C=C\C/C=C\C/C=C\C/C=C\C/C=C\CC)COC(OCC[N+](C)(C)C)C(=O)[O-]. The van der Waals surface area contributed by atoms with E-state index in [-0.39, 0.29) is 38.6 Å². The van der Waals surface area contributed by atoms with Gasteiger partial charge < -0.3 is 33.3 Å². The van der Waals surface area contributed by atoms with Gasteiger partial charge in [-0.25, -0.2) is 0 Å². The third-order valence-corrected chi connectivity index (χ3v) is 13.2. The minimum Gasteiger partial charge on any atom is -0.545 e. The first-order valence-corrected chi connectivity index (χ1v) is 31.7. The van der Waals surface area contributed by atoms with Gasteiger partial charge in [0.1, 0.15) is 13.2 Å². The predicted octanol–water partition coefficient (Wildman–Crippen LogP) is 17.9. The fourth-order valence-corrected chi connectivity index (χ4v) is 8.41. The van der Waals surface area contributed by atoms with Crippen LogP contribution in [0.25, 0.3) is 0 Å². The number of rotatable bonds is 57. The van der Waals surface area contributed by atoms with Crippen LogP contribution < -0.4 is 5.11 Å². The van der Waals surface area contributed by atoms with E-state index < -0.39 is 24.3 Å². The first kappa shape index (κ1) is 74.7. The van der Waals surface area contributed by atoms with Crippen LogP contribution in [-0.2, 0) is 33.3 Å². The molecule has 0 aromatic carbocycles. The molecule has 0 aromatic rings. The van der Waals surface area contributed by atoms with Gasteiger partial charge in [-0.15, -0.1) is 0 Å². The van der Waals surface area contributed by atoms with Crippen molar-refractivity contribution in [2.24, 2.45) is 0 Å². The van der Waals surface area contributed by atoms with Gasteiger partial charge in [0.15, 0.2) is 12.4 Å². The van der Waals surface area contributed by atoms with E-state index in [9.17, 15) is 19.5 Å². The lowest BCUT2D eigenvalue weighted by Gasteiger charge is -2.26. The van der Waals surface area contributed by atoms with E-state index in [2.05, 4.69) is 135 Å². The van der Waals surface area contributed by atoms with Crippen LogP contribution in [-0.4, -0.2) is 82.3 Å². The molecule has 0 radical (unpaired) electrons. The minimum atomic E-state index is -1.63. The number of nitrogens with zero attached hydrogens (tertiary/aromatic N) is 1. The maximum atomic E-state index is 12.9. The first-order valence-electron chi connectivity index (χ1n) is 31.7. The predicted molar refractivity (Wildman–Crippen MR) is 333 cm³/mol. The molecule has 0 aliphatic carbocycles. The number of ether oxygens (including phenoxy) is 4. The molecular weight excluding hydrogens is 983 g/mol. The van der Waals surface area contributed by atoms with Crippen molar-refractivity contribution < 1.29 is 42.9 Å². The molecule has 0 heterocycles. The maximum absolute atomic E-state index is 12.9. The van der Waals surface area contributed by atoms with Crippen molar-refractivity contribution >= 4 is 17.9 Å². The second-order valence-electron chi connectivity index (χ2n) is 21.9. The molecule has 450 valence electrons. The molecule has 0 amide bonds. The van der Waals surface area contributed by atoms with Gasteiger partial charge in [-0.3, -0.25) is 9.59 Å². The summed E-state index contributed by atoms with van der Waals surface area (Å²) in [6.45, 7) is 4.51. The average Bonchev–Trinajstić information content (AvgIpc) is 3.42. The summed E-state index contributed by atoms with van der Waals surface area (Å²) in [7, 11) is 5.92. The third kappa shape index (κ3) is 61.2. The highest BCUT2D eigenvalue weighted by Gasteiger charge is 2.22. The molecule has 2 atom stereocenters. The second kappa shape index (κ2) is 59.8. The summed E-state index contributed by atoms with van der Waals surface area (Å²) in [4.78, 5) is 37.4. The minimum absolute atomic E-state index is 0.141. The van der Waals surface area contributed by atoms with Crippen LogP contribution in [0.2, 0.25) is 0 Å². The van der Waals surface area contributed by atoms with E-state index in [4.69, 9.17) is 18.9 Å². The van der Waals surface area contributed by atoms with Crippen molar-refractivity contribution in [1.82, 2.24) is 0 Å². The van der Waals surface area contributed by atoms with E-state index in [1.807, 2.05) is 21.1 Å². The normalized spacial score (nSPS) is 13.6. The van der Waals surface area contributed by atoms with Crippen LogP contribution >= 0.6 is 0 Å². The van der Waals surface area contributed by atoms with Gasteiger partial charge >= 0.3 is 11.9 Å². The highest BCUT2D eigenvalue weighted by atomic mass is 16.7. The van der Waals surface area contributed by atoms with Crippen molar-refractivity contribution in [3.8, 4) is 0 Å². The molecule has 0 bridgehead atoms. The molecule has 0 fully saturated rings. The molecule has 0 aliphatic heterocycles. The first-order chi connectivity index (χ1) is 38.6. The van der Waals surface area contributed by atoms with Gasteiger partial charge in [-0.05, 0) is 103 Å². The van der Waals surface area contributed by atoms with Gasteiger partial charge in [0.25, 0.3) is 0 Å². The molecule has 0 saturated heterocycles. The van der Waals surface area contributed by atoms with Crippen LogP contribution in [0.5, 0.6) is 0 Å². The smallest absolute Gasteiger partial charge is 0.306 e. The van der Waals surface area contributed by atoms with Gasteiger partial charge in [-0.1, -0.05) is 251 Å². The van der Waals surface area contributed by atoms with Crippen molar-refractivity contribution in [3.63, 3.8) is 0 Å². The number of carboxylic acid groups (broad SMARTS) is 1. The standard InChI is InChI=1S/C70H117NO8/c1-6-8-10-12-14-16-18-20-22-24-26-28-30-32-33-34-35-37-39-41-43-45-47-49-51-53-55-57-59-61-68(73)79-66(65-78-70(69(74)75)76-63-62-71(3,4)5)64-77-67(72)60-58-56-54-52-50-48-46-44-42-40-38-36-31-29-27-25-23-21-19-17-15-13-11-9-7-2/h8-11,14-17,20-23,26-29,32-33,36,38,66,70H,6-7,12-13,18-19,24-25,30-31,34-35,37,39-65H2,1-5H3/b10-8-,11-9-,16-14-,17-15-,22-20-,23-21-,28-26-,29-27-,33-32-,38-36-. The van der Waals surface area contributed by atoms with Crippen LogP contribution in [0.4, 0.5) is 0 Å². The average molecular weight is 1100 g/mol. The van der Waals surface area contributed by atoms with Gasteiger partial charge in [0.2, 0.25) is 0 Å². The molecule has 0 aromatic heterocycles. The largest absolute Gasteiger partial charge is 0.545 e. The van der Waals surface area contributed by atoms with Crippen LogP contribution in [0, 0.1) is 0 Å². The summed E-state index contributed by atoms with van der Waals surface area (Å²) in [6, 6.07) is 0. The molecule has 0 spiro atoms. The molecule has 0 N–H and O–H groups in total. The summed E-state index contributed by atoms with van der Waals surface area (Å²) in [6.07, 6.45) is 81.1. The molecule has 0 rings (SSSR count). The Bertz CT molecular complexity index is 1710. The Morgan fingerprint density at radius 3 is 1.01 bits per heavy atom. The van der Waals surface area contributed by atoms with Gasteiger partial charge in [0.05, 0.1) is 40.3 Å². The number of carbonyl (C=O) groups is 3. The maximum Gasteiger partial charge on any atom is 0.306 e. The van der Waals surface area contributed by atoms with Crippen molar-refractivity contribution in [3.05, 3.63) is 122 Å². The van der Waals surface area contributed by atoms with E-state index in [1.54, 1.807) is 0 Å². The van der Waals surface area contributed by atoms with Crippen molar-refractivity contribution in [1.29, 1.82) is 0 Å². The second-order valence-corrected chi connectivity index (χ2v) is 21.9. The van der Waals surface area contributed by atoms with E-state index in [1.165, 1.54) is 96.3 Å². The summed E-state index contributed by atoms with van der Waals surface area (Å²) < 4.78 is 22.8. The number of aliphatic carboxylic acids is 1. The number of hydrogen-bond acceptors (Lipinski definition) is 8. The van der Waals surface area contributed by atoms with Crippen molar-refractivity contribution in [2.45, 2.75) is 257 Å². The number of likely N-dealkylation sites (N-methyl/N-ethyl adjacent to an activating group) is 1. The zero-order chi connectivity index (χ0) is 57.6. The topological polar surface area (TPSA) is 111 Å². The number of carboxylic acids is 1. The quantitative estimate of drug-likeness (QED) is 0.0195. The molecular formula is C70H117NO8. The number of quaternary nitrogens is 1. The monoisotopic (exact) mass is 1100 g/mol. The lowest BCUT2D eigenvalue weighted by atomic mass is 10.0. The fraction of sp³-hybridized carbons (Fsp3) is 0.671. The van der Waals surface area contributed by atoms with Crippen molar-refractivity contribution in [2.75, 3.05) is 47.5 Å². The van der Waals surface area contributed by atoms with Crippen LogP contribution in [0.15, 0.2) is 122 Å². The van der Waals surface area contributed by atoms with Crippen LogP contribution in [0.1, 0.15) is 245 Å². The highest BCUT2D eigenvalue weighted by molar-refractivity contribution is 5.70. The zero-order valence-corrected chi connectivity index (χ0v) is 51.2. The third-order valence-electron chi connectivity index (χ3n) is 13.2. The van der Waals surface area contributed by atoms with E-state index in [0.29, 0.717) is 17.4 Å². The molecule has 2 unspecified atom stereocenters. The fourth-order valence-electron chi connectivity index (χ4n) is 8.41. The zero-order valence-electron chi connectivity index (χ0n) is 51.2. The highest BCUT2D eigenvalue weighted by Crippen LogP contribution is 2.16. The number of unbranched alkanes of at least 4 members (excludes halogenated alkanes) is 22. The summed E-state index contributed by atoms with van der Waals surface area (Å²) in [5.74, 6) is -2.30. The summed E-state index contributed by atoms with van der Waals surface area (Å²) in [5.41, 5.74) is 0. The molecule has 9 heteroatoms. The Hall–Kier alpha value is -4.31. The van der Waals surface area contributed by atoms with E-state index in [0.717, 1.165) is 116 Å².